The quantitative estimate of drug-likeness (QED) is 0.666. The minimum absolute atomic E-state index is 0.182. The summed E-state index contributed by atoms with van der Waals surface area (Å²) < 4.78 is 26.5. The molecule has 2 aromatic carbocycles. The molecule has 2 aromatic rings. The zero-order chi connectivity index (χ0) is 14.1. The van der Waals surface area contributed by atoms with Gasteiger partial charge in [-0.25, -0.2) is 8.78 Å². The number of nitrogens with one attached hydrogen (secondary N) is 1. The van der Waals surface area contributed by atoms with Gasteiger partial charge in [-0.3, -0.25) is 11.3 Å². The standard InChI is InChI=1S/C16H16F2N2/c17-14-8-6-11(9-15(14)18)16(20-19)13-7-5-10-3-1-2-4-12(10)13/h1-4,6,8-9,13,16,20H,5,7,19H2. The topological polar surface area (TPSA) is 38.0 Å². The van der Waals surface area contributed by atoms with Crippen molar-refractivity contribution >= 4 is 0 Å². The van der Waals surface area contributed by atoms with Crippen LogP contribution in [0.1, 0.15) is 35.1 Å². The molecule has 0 amide bonds. The predicted octanol–water partition coefficient (Wildman–Crippen LogP) is 3.20. The van der Waals surface area contributed by atoms with E-state index in [2.05, 4.69) is 17.6 Å². The molecule has 0 saturated heterocycles. The molecule has 0 radical (unpaired) electrons. The third-order valence-corrected chi connectivity index (χ3v) is 4.06. The van der Waals surface area contributed by atoms with Gasteiger partial charge in [0.05, 0.1) is 6.04 Å². The van der Waals surface area contributed by atoms with Crippen molar-refractivity contribution in [2.24, 2.45) is 5.84 Å². The fourth-order valence-electron chi connectivity index (χ4n) is 3.09. The van der Waals surface area contributed by atoms with Gasteiger partial charge in [-0.05, 0) is 41.7 Å². The molecule has 0 aliphatic heterocycles. The third kappa shape index (κ3) is 2.21. The molecule has 2 unspecified atom stereocenters. The highest BCUT2D eigenvalue weighted by atomic mass is 19.2. The average Bonchev–Trinajstić information content (AvgIpc) is 2.88. The number of nitrogens with two attached hydrogens (primary N) is 1. The number of rotatable bonds is 3. The lowest BCUT2D eigenvalue weighted by molar-refractivity contribution is 0.445. The minimum Gasteiger partial charge on any atom is -0.271 e. The van der Waals surface area contributed by atoms with E-state index in [1.165, 1.54) is 17.2 Å². The molecule has 0 fully saturated rings. The number of benzene rings is 2. The molecule has 0 spiro atoms. The first kappa shape index (κ1) is 13.2. The number of aryl methyl sites for hydroxylation is 1. The largest absolute Gasteiger partial charge is 0.271 e. The Morgan fingerprint density at radius 2 is 1.90 bits per heavy atom. The summed E-state index contributed by atoms with van der Waals surface area (Å²) in [5.41, 5.74) is 5.98. The Labute approximate surface area is 116 Å². The lowest BCUT2D eigenvalue weighted by Crippen LogP contribution is -2.32. The molecular weight excluding hydrogens is 258 g/mol. The SMILES string of the molecule is NNC(c1ccc(F)c(F)c1)C1CCc2ccccc21. The second kappa shape index (κ2) is 5.31. The van der Waals surface area contributed by atoms with Crippen molar-refractivity contribution < 1.29 is 8.78 Å². The first-order valence-corrected chi connectivity index (χ1v) is 6.69. The molecule has 0 bridgehead atoms. The van der Waals surface area contributed by atoms with E-state index >= 15 is 0 Å². The second-order valence-electron chi connectivity index (χ2n) is 5.16. The van der Waals surface area contributed by atoms with E-state index in [4.69, 9.17) is 5.84 Å². The lowest BCUT2D eigenvalue weighted by Gasteiger charge is -2.24. The van der Waals surface area contributed by atoms with Crippen LogP contribution in [-0.4, -0.2) is 0 Å². The molecule has 0 aromatic heterocycles. The molecule has 4 heteroatoms. The Morgan fingerprint density at radius 1 is 1.10 bits per heavy atom. The summed E-state index contributed by atoms with van der Waals surface area (Å²) in [6, 6.07) is 11.9. The van der Waals surface area contributed by atoms with Crippen LogP contribution in [0.15, 0.2) is 42.5 Å². The molecule has 3 N–H and O–H groups in total. The maximum atomic E-state index is 13.4. The van der Waals surface area contributed by atoms with Crippen molar-refractivity contribution in [1.29, 1.82) is 0 Å². The van der Waals surface area contributed by atoms with Gasteiger partial charge in [-0.15, -0.1) is 0 Å². The van der Waals surface area contributed by atoms with Crippen LogP contribution >= 0.6 is 0 Å². The summed E-state index contributed by atoms with van der Waals surface area (Å²) in [7, 11) is 0. The molecule has 3 rings (SSSR count). The fraction of sp³-hybridized carbons (Fsp3) is 0.250. The summed E-state index contributed by atoms with van der Waals surface area (Å²) in [6.45, 7) is 0. The number of hydrogen-bond acceptors (Lipinski definition) is 2. The third-order valence-electron chi connectivity index (χ3n) is 4.06. The maximum absolute atomic E-state index is 13.4. The first-order valence-electron chi connectivity index (χ1n) is 6.69. The zero-order valence-corrected chi connectivity index (χ0v) is 10.9. The first-order chi connectivity index (χ1) is 9.70. The molecule has 0 saturated carbocycles. The Morgan fingerprint density at radius 3 is 2.65 bits per heavy atom. The van der Waals surface area contributed by atoms with Crippen LogP contribution < -0.4 is 11.3 Å². The number of halogens is 2. The van der Waals surface area contributed by atoms with Crippen LogP contribution in [0.4, 0.5) is 8.78 Å². The van der Waals surface area contributed by atoms with Crippen molar-refractivity contribution in [3.8, 4) is 0 Å². The minimum atomic E-state index is -0.839. The monoisotopic (exact) mass is 274 g/mol. The lowest BCUT2D eigenvalue weighted by atomic mass is 9.88. The number of fused-ring (bicyclic) bond motifs is 1. The van der Waals surface area contributed by atoms with Gasteiger partial charge in [0.25, 0.3) is 0 Å². The van der Waals surface area contributed by atoms with E-state index in [1.54, 1.807) is 6.07 Å². The van der Waals surface area contributed by atoms with Gasteiger partial charge in [0.15, 0.2) is 11.6 Å². The highest BCUT2D eigenvalue weighted by molar-refractivity contribution is 5.38. The van der Waals surface area contributed by atoms with Crippen molar-refractivity contribution in [1.82, 2.24) is 5.43 Å². The summed E-state index contributed by atoms with van der Waals surface area (Å²) in [4.78, 5) is 0. The number of hydrogen-bond donors (Lipinski definition) is 2. The molecule has 2 atom stereocenters. The second-order valence-corrected chi connectivity index (χ2v) is 5.16. The zero-order valence-electron chi connectivity index (χ0n) is 10.9. The maximum Gasteiger partial charge on any atom is 0.159 e. The molecule has 0 heterocycles. The van der Waals surface area contributed by atoms with E-state index in [1.807, 2.05) is 12.1 Å². The van der Waals surface area contributed by atoms with Crippen LogP contribution in [0, 0.1) is 11.6 Å². The van der Waals surface area contributed by atoms with E-state index in [9.17, 15) is 8.78 Å². The summed E-state index contributed by atoms with van der Waals surface area (Å²) in [6.07, 6.45) is 1.94. The average molecular weight is 274 g/mol. The van der Waals surface area contributed by atoms with Gasteiger partial charge in [0.2, 0.25) is 0 Å². The van der Waals surface area contributed by atoms with Gasteiger partial charge < -0.3 is 0 Å². The Hall–Kier alpha value is -1.78. The van der Waals surface area contributed by atoms with Crippen molar-refractivity contribution in [2.75, 3.05) is 0 Å². The van der Waals surface area contributed by atoms with Crippen LogP contribution in [0.3, 0.4) is 0 Å². The summed E-state index contributed by atoms with van der Waals surface area (Å²) >= 11 is 0. The van der Waals surface area contributed by atoms with Crippen LogP contribution in [-0.2, 0) is 6.42 Å². The van der Waals surface area contributed by atoms with Crippen LogP contribution in [0.25, 0.3) is 0 Å². The number of hydrazine groups is 1. The van der Waals surface area contributed by atoms with Gasteiger partial charge >= 0.3 is 0 Å². The van der Waals surface area contributed by atoms with Crippen molar-refractivity contribution in [3.05, 3.63) is 70.8 Å². The van der Waals surface area contributed by atoms with Gasteiger partial charge in [0, 0.05) is 5.92 Å². The molecule has 1 aliphatic carbocycles. The molecular formula is C16H16F2N2. The van der Waals surface area contributed by atoms with E-state index in [0.29, 0.717) is 5.56 Å². The van der Waals surface area contributed by atoms with E-state index < -0.39 is 11.6 Å². The van der Waals surface area contributed by atoms with Crippen molar-refractivity contribution in [2.45, 2.75) is 24.8 Å². The Kier molecular flexibility index (Phi) is 3.51. The highest BCUT2D eigenvalue weighted by Crippen LogP contribution is 2.41. The fourth-order valence-corrected chi connectivity index (χ4v) is 3.09. The smallest absolute Gasteiger partial charge is 0.159 e. The molecule has 20 heavy (non-hydrogen) atoms. The van der Waals surface area contributed by atoms with Gasteiger partial charge in [0.1, 0.15) is 0 Å². The summed E-state index contributed by atoms with van der Waals surface area (Å²) in [5.74, 6) is 4.17. The molecule has 2 nitrogen and oxygen atoms in total. The predicted molar refractivity (Wildman–Crippen MR) is 73.9 cm³/mol. The van der Waals surface area contributed by atoms with Gasteiger partial charge in [-0.2, -0.15) is 0 Å². The van der Waals surface area contributed by atoms with E-state index in [-0.39, 0.29) is 12.0 Å². The normalized spacial score (nSPS) is 18.9. The van der Waals surface area contributed by atoms with Gasteiger partial charge in [-0.1, -0.05) is 30.3 Å². The highest BCUT2D eigenvalue weighted by Gasteiger charge is 2.30. The Bertz CT molecular complexity index is 628. The summed E-state index contributed by atoms with van der Waals surface area (Å²) in [5, 5.41) is 0. The molecule has 104 valence electrons. The van der Waals surface area contributed by atoms with Crippen molar-refractivity contribution in [3.63, 3.8) is 0 Å². The molecule has 1 aliphatic rings. The Balaban J connectivity index is 1.97. The van der Waals surface area contributed by atoms with Crippen LogP contribution in [0.2, 0.25) is 0 Å². The van der Waals surface area contributed by atoms with Crippen LogP contribution in [0.5, 0.6) is 0 Å². The van der Waals surface area contributed by atoms with E-state index in [0.717, 1.165) is 18.9 Å².